The van der Waals surface area contributed by atoms with Gasteiger partial charge in [-0.05, 0) is 54.8 Å². The van der Waals surface area contributed by atoms with E-state index in [2.05, 4.69) is 20.4 Å². The summed E-state index contributed by atoms with van der Waals surface area (Å²) >= 11 is 7.67. The van der Waals surface area contributed by atoms with Gasteiger partial charge in [0.05, 0.1) is 30.1 Å². The number of ether oxygens (including phenoxy) is 1. The molecule has 51 heavy (non-hydrogen) atoms. The predicted octanol–water partition coefficient (Wildman–Crippen LogP) is 5.39. The second-order valence-electron chi connectivity index (χ2n) is 12.0. The molecule has 1 amide bonds. The second-order valence-corrected chi connectivity index (χ2v) is 13.4. The van der Waals surface area contributed by atoms with E-state index in [0.29, 0.717) is 27.5 Å². The van der Waals surface area contributed by atoms with E-state index in [9.17, 15) is 19.1 Å². The van der Waals surface area contributed by atoms with Crippen LogP contribution in [0.2, 0.25) is 5.02 Å². The first kappa shape index (κ1) is 36.9. The second kappa shape index (κ2) is 15.3. The molecule has 3 aromatic carbocycles. The van der Waals surface area contributed by atoms with E-state index in [1.54, 1.807) is 18.3 Å². The predicted molar refractivity (Wildman–Crippen MR) is 190 cm³/mol. The number of carboxylic acids is 1. The number of nitrogens with zero attached hydrogens (tertiary/aromatic N) is 4. The van der Waals surface area contributed by atoms with E-state index in [1.165, 1.54) is 25.3 Å². The van der Waals surface area contributed by atoms with Gasteiger partial charge in [0.2, 0.25) is 0 Å². The lowest BCUT2D eigenvalue weighted by Crippen LogP contribution is -2.41. The number of hydrogen-bond acceptors (Lipinski definition) is 9. The van der Waals surface area contributed by atoms with E-state index >= 15 is 4.39 Å². The molecule has 1 atom stereocenters. The van der Waals surface area contributed by atoms with Crippen LogP contribution in [-0.4, -0.2) is 57.3 Å². The van der Waals surface area contributed by atoms with E-state index in [0.717, 1.165) is 23.4 Å². The summed E-state index contributed by atoms with van der Waals surface area (Å²) in [5.74, 6) is -3.29. The third-order valence-electron chi connectivity index (χ3n) is 8.28. The molecule has 0 radical (unpaired) electrons. The number of nitrogen functional groups attached to an aromatic ring is 1. The fourth-order valence-electron chi connectivity index (χ4n) is 5.42. The number of anilines is 1. The Bertz CT molecular complexity index is 2110. The quantitative estimate of drug-likeness (QED) is 0.0422. The molecule has 5 aromatic rings. The SMILES string of the molecule is COc1cc(-n2c(C(C)(C)c3ccc4onc(N)c4c3)cnc2SCc2c(F)cc(C(=O)N[C@H](CCCN=C(N)N)C(=O)O)cc2Cl)ccc1F. The Labute approximate surface area is 300 Å². The number of carbonyl (C=O) groups excluding carboxylic acids is 1. The standard InChI is InChI=1S/C34H35ClF2N8O5S/c1-34(2,18-6-9-26-20(13-18)29(38)44-50-26)28-15-42-33(45(28)19-7-8-23(36)27(14-19)49-3)51-16-21-22(35)11-17(12-24(21)37)30(46)43-25(31(47)48)5-4-10-41-32(39)40/h6-9,11-15,25H,4-5,10,16H2,1-3H3,(H2,38,44)(H,43,46)(H,47,48)(H4,39,40,41)/t25-/m1/s1. The number of guanidine groups is 1. The maximum Gasteiger partial charge on any atom is 0.326 e. The van der Waals surface area contributed by atoms with Gasteiger partial charge in [-0.1, -0.05) is 48.4 Å². The molecule has 0 saturated heterocycles. The van der Waals surface area contributed by atoms with Crippen LogP contribution >= 0.6 is 23.4 Å². The molecule has 0 aliphatic heterocycles. The highest BCUT2D eigenvalue weighted by Crippen LogP contribution is 2.39. The van der Waals surface area contributed by atoms with Crippen molar-refractivity contribution < 1.29 is 32.7 Å². The molecule has 17 heteroatoms. The molecular weight excluding hydrogens is 706 g/mol. The van der Waals surface area contributed by atoms with Crippen LogP contribution in [-0.2, 0) is 16.0 Å². The van der Waals surface area contributed by atoms with Crippen LogP contribution in [0.3, 0.4) is 0 Å². The molecule has 2 aromatic heterocycles. The molecule has 0 aliphatic carbocycles. The summed E-state index contributed by atoms with van der Waals surface area (Å²) < 4.78 is 42.4. The molecule has 0 aliphatic rings. The summed E-state index contributed by atoms with van der Waals surface area (Å²) in [4.78, 5) is 33.1. The van der Waals surface area contributed by atoms with Crippen molar-refractivity contribution in [3.8, 4) is 11.4 Å². The summed E-state index contributed by atoms with van der Waals surface area (Å²) in [5.41, 5.74) is 18.5. The van der Waals surface area contributed by atoms with Gasteiger partial charge in [-0.3, -0.25) is 14.4 Å². The fraction of sp³-hybridized carbons (Fsp3) is 0.265. The third-order valence-corrected chi connectivity index (χ3v) is 9.60. The maximum absolute atomic E-state index is 15.6. The van der Waals surface area contributed by atoms with Gasteiger partial charge in [0.1, 0.15) is 11.9 Å². The van der Waals surface area contributed by atoms with Crippen LogP contribution in [0.5, 0.6) is 5.75 Å². The van der Waals surface area contributed by atoms with Gasteiger partial charge in [0.25, 0.3) is 5.91 Å². The Morgan fingerprint density at radius 3 is 2.61 bits per heavy atom. The number of carbonyl (C=O) groups is 2. The van der Waals surface area contributed by atoms with Gasteiger partial charge >= 0.3 is 5.97 Å². The number of fused-ring (bicyclic) bond motifs is 1. The van der Waals surface area contributed by atoms with E-state index in [4.69, 9.17) is 38.1 Å². The van der Waals surface area contributed by atoms with E-state index in [1.807, 2.05) is 30.5 Å². The van der Waals surface area contributed by atoms with Gasteiger partial charge in [0.15, 0.2) is 34.1 Å². The molecule has 0 spiro atoms. The maximum atomic E-state index is 15.6. The number of nitrogens with two attached hydrogens (primary N) is 3. The zero-order valence-corrected chi connectivity index (χ0v) is 29.3. The Balaban J connectivity index is 1.44. The number of halogens is 3. The Kier molecular flexibility index (Phi) is 11.1. The number of aromatic nitrogens is 3. The normalized spacial score (nSPS) is 12.1. The van der Waals surface area contributed by atoms with Gasteiger partial charge in [-0.2, -0.15) is 0 Å². The first-order chi connectivity index (χ1) is 24.2. The number of imidazole rings is 1. The number of amides is 1. The molecule has 13 nitrogen and oxygen atoms in total. The summed E-state index contributed by atoms with van der Waals surface area (Å²) in [6.07, 6.45) is 2.00. The number of hydrogen-bond donors (Lipinski definition) is 5. The number of rotatable bonds is 14. The van der Waals surface area contributed by atoms with Crippen molar-refractivity contribution >= 4 is 58.0 Å². The number of aliphatic imine (C=N–C) groups is 1. The van der Waals surface area contributed by atoms with Gasteiger partial charge in [-0.25, -0.2) is 18.6 Å². The van der Waals surface area contributed by atoms with Crippen molar-refractivity contribution in [2.45, 2.75) is 49.1 Å². The van der Waals surface area contributed by atoms with Crippen molar-refractivity contribution in [2.24, 2.45) is 16.5 Å². The van der Waals surface area contributed by atoms with Crippen molar-refractivity contribution in [2.75, 3.05) is 19.4 Å². The van der Waals surface area contributed by atoms with Crippen LogP contribution in [0.1, 0.15) is 53.9 Å². The van der Waals surface area contributed by atoms with Gasteiger partial charge < -0.3 is 36.9 Å². The molecule has 8 N–H and O–H groups in total. The van der Waals surface area contributed by atoms with Crippen molar-refractivity contribution in [3.63, 3.8) is 0 Å². The van der Waals surface area contributed by atoms with E-state index < -0.39 is 35.0 Å². The number of nitrogens with one attached hydrogen (secondary N) is 1. The summed E-state index contributed by atoms with van der Waals surface area (Å²) in [6.45, 7) is 4.15. The lowest BCUT2D eigenvalue weighted by Gasteiger charge is -2.27. The van der Waals surface area contributed by atoms with Crippen LogP contribution in [0.4, 0.5) is 14.6 Å². The Hall–Kier alpha value is -5.35. The van der Waals surface area contributed by atoms with Crippen LogP contribution in [0, 0.1) is 11.6 Å². The highest BCUT2D eigenvalue weighted by atomic mass is 35.5. The van der Waals surface area contributed by atoms with Crippen LogP contribution in [0.25, 0.3) is 16.7 Å². The molecule has 0 bridgehead atoms. The first-order valence-corrected chi connectivity index (χ1v) is 16.8. The summed E-state index contributed by atoms with van der Waals surface area (Å²) in [6, 6.07) is 10.9. The van der Waals surface area contributed by atoms with E-state index in [-0.39, 0.29) is 58.8 Å². The summed E-state index contributed by atoms with van der Waals surface area (Å²) in [5, 5.41) is 16.8. The first-order valence-electron chi connectivity index (χ1n) is 15.5. The summed E-state index contributed by atoms with van der Waals surface area (Å²) in [7, 11) is 1.36. The number of thioether (sulfide) groups is 1. The molecule has 0 saturated carbocycles. The Morgan fingerprint density at radius 2 is 1.92 bits per heavy atom. The Morgan fingerprint density at radius 1 is 1.16 bits per heavy atom. The average Bonchev–Trinajstić information content (AvgIpc) is 3.69. The minimum Gasteiger partial charge on any atom is -0.494 e. The number of carboxylic acid groups (broad SMARTS) is 1. The van der Waals surface area contributed by atoms with Crippen LogP contribution in [0.15, 0.2) is 69.4 Å². The highest BCUT2D eigenvalue weighted by molar-refractivity contribution is 7.98. The smallest absolute Gasteiger partial charge is 0.326 e. The fourth-order valence-corrected chi connectivity index (χ4v) is 6.80. The van der Waals surface area contributed by atoms with Crippen molar-refractivity contribution in [3.05, 3.63) is 93.8 Å². The zero-order chi connectivity index (χ0) is 37.0. The lowest BCUT2D eigenvalue weighted by molar-refractivity contribution is -0.139. The largest absolute Gasteiger partial charge is 0.494 e. The van der Waals surface area contributed by atoms with Crippen molar-refractivity contribution in [1.29, 1.82) is 0 Å². The molecule has 5 rings (SSSR count). The molecule has 0 unspecified atom stereocenters. The van der Waals surface area contributed by atoms with Gasteiger partial charge in [0, 0.05) is 39.9 Å². The highest BCUT2D eigenvalue weighted by Gasteiger charge is 2.31. The molecule has 0 fully saturated rings. The lowest BCUT2D eigenvalue weighted by atomic mass is 9.81. The van der Waals surface area contributed by atoms with Crippen LogP contribution < -0.4 is 27.3 Å². The zero-order valence-electron chi connectivity index (χ0n) is 27.7. The van der Waals surface area contributed by atoms with Gasteiger partial charge in [-0.15, -0.1) is 0 Å². The van der Waals surface area contributed by atoms with Crippen molar-refractivity contribution in [1.82, 2.24) is 20.0 Å². The number of aliphatic carboxylic acids is 1. The molecular formula is C34H35ClF2N8O5S. The number of methoxy groups -OCH3 is 1. The minimum absolute atomic E-state index is 0.00645. The topological polar surface area (TPSA) is 210 Å². The number of benzene rings is 3. The average molecular weight is 741 g/mol. The molecule has 2 heterocycles. The monoisotopic (exact) mass is 740 g/mol. The minimum atomic E-state index is -1.27. The molecule has 268 valence electrons. The third kappa shape index (κ3) is 8.02.